The van der Waals surface area contributed by atoms with Crippen LogP contribution in [-0.2, 0) is 27.8 Å². The molecule has 8 bridgehead atoms. The summed E-state index contributed by atoms with van der Waals surface area (Å²) in [6, 6.07) is 30.7. The van der Waals surface area contributed by atoms with Gasteiger partial charge in [0.1, 0.15) is 28.4 Å². The smallest absolute Gasteiger partial charge is 0.235 e. The molecular formula is C48H62N2O8. The molecule has 4 aromatic carbocycles. The van der Waals surface area contributed by atoms with Gasteiger partial charge in [-0.2, -0.15) is 0 Å². The number of aliphatic hydroxyl groups excluding tert-OH is 2. The van der Waals surface area contributed by atoms with Crippen molar-refractivity contribution in [3.05, 3.63) is 119 Å². The molecule has 0 radical (unpaired) electrons. The summed E-state index contributed by atoms with van der Waals surface area (Å²) in [6.07, 6.45) is 4.61. The van der Waals surface area contributed by atoms with Crippen LogP contribution in [0.1, 0.15) is 88.5 Å². The Morgan fingerprint density at radius 3 is 1.09 bits per heavy atom. The second kappa shape index (κ2) is 21.6. The minimum Gasteiger partial charge on any atom is -0.494 e. The van der Waals surface area contributed by atoms with E-state index in [-0.39, 0.29) is 31.5 Å². The highest BCUT2D eigenvalue weighted by atomic mass is 16.5. The monoisotopic (exact) mass is 794 g/mol. The van der Waals surface area contributed by atoms with Crippen LogP contribution in [0.5, 0.6) is 23.0 Å². The van der Waals surface area contributed by atoms with E-state index in [0.29, 0.717) is 39.3 Å². The normalized spacial score (nSPS) is 20.0. The summed E-state index contributed by atoms with van der Waals surface area (Å²) < 4.78 is 24.0. The van der Waals surface area contributed by atoms with Crippen molar-refractivity contribution >= 4 is 11.8 Å². The van der Waals surface area contributed by atoms with Crippen molar-refractivity contribution in [3.63, 3.8) is 0 Å². The molecule has 2 atom stereocenters. The van der Waals surface area contributed by atoms with Crippen molar-refractivity contribution in [1.82, 2.24) is 10.6 Å². The van der Waals surface area contributed by atoms with Gasteiger partial charge in [0, 0.05) is 5.41 Å². The summed E-state index contributed by atoms with van der Waals surface area (Å²) >= 11 is 0. The van der Waals surface area contributed by atoms with Crippen LogP contribution < -0.4 is 29.6 Å². The van der Waals surface area contributed by atoms with Crippen LogP contribution in [0.25, 0.3) is 0 Å². The van der Waals surface area contributed by atoms with Crippen molar-refractivity contribution in [3.8, 4) is 23.0 Å². The van der Waals surface area contributed by atoms with Gasteiger partial charge >= 0.3 is 0 Å². The minimum absolute atomic E-state index is 0.195. The molecule has 4 N–H and O–H groups in total. The highest BCUT2D eigenvalue weighted by Gasteiger charge is 2.44. The van der Waals surface area contributed by atoms with Gasteiger partial charge in [0.05, 0.1) is 51.7 Å². The van der Waals surface area contributed by atoms with E-state index in [9.17, 15) is 19.8 Å². The van der Waals surface area contributed by atoms with E-state index >= 15 is 0 Å². The Kier molecular flexibility index (Phi) is 16.4. The predicted molar refractivity (Wildman–Crippen MR) is 227 cm³/mol. The Balaban J connectivity index is 1.25. The largest absolute Gasteiger partial charge is 0.494 e. The first-order chi connectivity index (χ1) is 28.1. The van der Waals surface area contributed by atoms with Gasteiger partial charge in [-0.15, -0.1) is 0 Å². The van der Waals surface area contributed by atoms with Crippen molar-refractivity contribution in [1.29, 1.82) is 0 Å². The third-order valence-corrected chi connectivity index (χ3v) is 11.3. The zero-order chi connectivity index (χ0) is 41.4. The maximum Gasteiger partial charge on any atom is 0.235 e. The number of carbonyl (C=O) groups is 2. The SMILES string of the molecule is CCC1(CC)C(=O)N[C@H](CO)Cc2ccc(cc2)OCCCCOc2ccc(cc2)C(C)(C)c2ccc(cc2)OCCCCOc2ccc(cc2)C[C@@H](CO)NC1=O. The van der Waals surface area contributed by atoms with E-state index in [2.05, 4.69) is 48.7 Å². The van der Waals surface area contributed by atoms with E-state index in [1.807, 2.05) is 72.8 Å². The lowest BCUT2D eigenvalue weighted by molar-refractivity contribution is -0.145. The van der Waals surface area contributed by atoms with Gasteiger partial charge in [-0.05, 0) is 122 Å². The van der Waals surface area contributed by atoms with Gasteiger partial charge < -0.3 is 39.8 Å². The maximum atomic E-state index is 13.8. The van der Waals surface area contributed by atoms with Crippen LogP contribution in [0.2, 0.25) is 0 Å². The number of benzene rings is 4. The van der Waals surface area contributed by atoms with Crippen LogP contribution in [-0.4, -0.2) is 73.8 Å². The summed E-state index contributed by atoms with van der Waals surface area (Å²) in [7, 11) is 0. The average Bonchev–Trinajstić information content (AvgIpc) is 3.24. The number of nitrogens with one attached hydrogen (secondary N) is 2. The molecule has 0 saturated heterocycles. The molecule has 58 heavy (non-hydrogen) atoms. The lowest BCUT2D eigenvalue weighted by atomic mass is 9.78. The Hall–Kier alpha value is -5.06. The molecule has 5 aliphatic heterocycles. The van der Waals surface area contributed by atoms with Crippen molar-refractivity contribution in [2.45, 2.75) is 96.6 Å². The van der Waals surface area contributed by atoms with Crippen LogP contribution in [0, 0.1) is 5.41 Å². The highest BCUT2D eigenvalue weighted by molar-refractivity contribution is 6.05. The standard InChI is InChI=1S/C48H62N2O8/c1-5-48(6-2)45(53)49-39(33-51)31-35-11-19-41(20-12-35)55-27-7-9-29-57-43-23-15-37(16-24-43)47(3,4)38-17-25-44(26-18-38)58-30-10-8-28-56-42-21-13-36(14-22-42)32-40(34-52)50-46(48)54/h11-26,39-40,51-52H,5-10,27-34H2,1-4H3,(H,49,53)(H,50,54)/t39-,40-/m0/s1. The number of rotatable bonds is 4. The molecule has 0 aliphatic carbocycles. The fourth-order valence-electron chi connectivity index (χ4n) is 7.25. The Morgan fingerprint density at radius 2 is 0.810 bits per heavy atom. The molecule has 10 nitrogen and oxygen atoms in total. The van der Waals surface area contributed by atoms with Gasteiger partial charge in [-0.1, -0.05) is 76.2 Å². The highest BCUT2D eigenvalue weighted by Crippen LogP contribution is 2.34. The van der Waals surface area contributed by atoms with Crippen molar-refractivity contribution < 1.29 is 38.7 Å². The third kappa shape index (κ3) is 12.0. The molecule has 5 aliphatic rings. The van der Waals surface area contributed by atoms with E-state index < -0.39 is 29.3 Å². The van der Waals surface area contributed by atoms with Crippen LogP contribution in [0.3, 0.4) is 0 Å². The molecule has 0 spiro atoms. The zero-order valence-corrected chi connectivity index (χ0v) is 34.6. The first kappa shape index (κ1) is 44.1. The van der Waals surface area contributed by atoms with Crippen LogP contribution >= 0.6 is 0 Å². The molecule has 4 aromatic rings. The fraction of sp³-hybridized carbons (Fsp3) is 0.458. The van der Waals surface area contributed by atoms with Gasteiger partial charge in [0.15, 0.2) is 0 Å². The topological polar surface area (TPSA) is 136 Å². The van der Waals surface area contributed by atoms with E-state index in [0.717, 1.165) is 59.8 Å². The Morgan fingerprint density at radius 1 is 0.517 bits per heavy atom. The molecular weight excluding hydrogens is 733 g/mol. The zero-order valence-electron chi connectivity index (χ0n) is 34.6. The van der Waals surface area contributed by atoms with Gasteiger partial charge in [0.2, 0.25) is 11.8 Å². The van der Waals surface area contributed by atoms with Crippen LogP contribution in [0.4, 0.5) is 0 Å². The number of hydrogen-bond donors (Lipinski definition) is 4. The number of amides is 2. The van der Waals surface area contributed by atoms with Gasteiger partial charge in [0.25, 0.3) is 0 Å². The number of aliphatic hydroxyl groups is 2. The van der Waals surface area contributed by atoms with E-state index in [4.69, 9.17) is 18.9 Å². The number of ether oxygens (including phenoxy) is 4. The van der Waals surface area contributed by atoms with E-state index in [1.165, 1.54) is 11.1 Å². The van der Waals surface area contributed by atoms with Gasteiger partial charge in [-0.3, -0.25) is 9.59 Å². The Labute approximate surface area is 344 Å². The fourth-order valence-corrected chi connectivity index (χ4v) is 7.25. The maximum absolute atomic E-state index is 13.8. The van der Waals surface area contributed by atoms with Crippen LogP contribution in [0.15, 0.2) is 97.1 Å². The average molecular weight is 795 g/mol. The predicted octanol–water partition coefficient (Wildman–Crippen LogP) is 7.35. The first-order valence-corrected chi connectivity index (χ1v) is 20.8. The van der Waals surface area contributed by atoms with Crippen molar-refractivity contribution in [2.24, 2.45) is 5.41 Å². The summed E-state index contributed by atoms with van der Waals surface area (Å²) in [6.45, 7) is 9.73. The quantitative estimate of drug-likeness (QED) is 0.158. The second-order valence-corrected chi connectivity index (χ2v) is 15.7. The summed E-state index contributed by atoms with van der Waals surface area (Å²) in [5.41, 5.74) is 2.66. The molecule has 0 aromatic heterocycles. The molecule has 0 saturated carbocycles. The summed E-state index contributed by atoms with van der Waals surface area (Å²) in [4.78, 5) is 27.5. The first-order valence-electron chi connectivity index (χ1n) is 20.8. The molecule has 0 unspecified atom stereocenters. The minimum atomic E-state index is -1.37. The number of fused-ring (bicyclic) bond motifs is 4. The second-order valence-electron chi connectivity index (χ2n) is 15.7. The molecule has 2 amide bonds. The lowest BCUT2D eigenvalue weighted by Gasteiger charge is -2.32. The molecule has 312 valence electrons. The molecule has 0 fully saturated rings. The molecule has 10 heteroatoms. The number of carbonyl (C=O) groups excluding carboxylic acids is 2. The Bertz CT molecular complexity index is 1710. The third-order valence-electron chi connectivity index (χ3n) is 11.3. The number of hydrogen-bond acceptors (Lipinski definition) is 8. The van der Waals surface area contributed by atoms with Crippen molar-refractivity contribution in [2.75, 3.05) is 39.6 Å². The molecule has 9 rings (SSSR count). The van der Waals surface area contributed by atoms with Gasteiger partial charge in [-0.25, -0.2) is 0 Å². The summed E-state index contributed by atoms with van der Waals surface area (Å²) in [5.74, 6) is 2.25. The summed E-state index contributed by atoms with van der Waals surface area (Å²) in [5, 5.41) is 26.3. The van der Waals surface area contributed by atoms with E-state index in [1.54, 1.807) is 13.8 Å². The lowest BCUT2D eigenvalue weighted by Crippen LogP contribution is -2.56. The molecule has 5 heterocycles.